The van der Waals surface area contributed by atoms with Gasteiger partial charge in [-0.05, 0) is 12.8 Å². The molecule has 0 spiro atoms. The quantitative estimate of drug-likeness (QED) is 0.0604. The van der Waals surface area contributed by atoms with Crippen molar-refractivity contribution in [2.45, 2.75) is 219 Å². The van der Waals surface area contributed by atoms with Crippen LogP contribution in [-0.4, -0.2) is 11.8 Å². The maximum absolute atomic E-state index is 11.9. The largest absolute Gasteiger partial charge is 0.271 e. The second-order valence-electron chi connectivity index (χ2n) is 12.4. The molecule has 0 aromatic heterocycles. The molecule has 4 heteroatoms. The summed E-state index contributed by atoms with van der Waals surface area (Å²) < 4.78 is 0. The highest BCUT2D eigenvalue weighted by atomic mass is 16.2. The van der Waals surface area contributed by atoms with Gasteiger partial charge in [-0.3, -0.25) is 9.59 Å². The van der Waals surface area contributed by atoms with Crippen LogP contribution in [0.5, 0.6) is 0 Å². The van der Waals surface area contributed by atoms with Crippen molar-refractivity contribution in [3.05, 3.63) is 0 Å². The molecule has 0 aliphatic heterocycles. The summed E-state index contributed by atoms with van der Waals surface area (Å²) >= 11 is 0. The van der Waals surface area contributed by atoms with Crippen LogP contribution in [0.15, 0.2) is 10.2 Å². The first-order valence-corrected chi connectivity index (χ1v) is 18.2. The lowest BCUT2D eigenvalue weighted by molar-refractivity contribution is -0.122. The molecule has 0 radical (unpaired) electrons. The van der Waals surface area contributed by atoms with Crippen molar-refractivity contribution in [3.63, 3.8) is 0 Å². The summed E-state index contributed by atoms with van der Waals surface area (Å²) in [5.74, 6) is -0.473. The van der Waals surface area contributed by atoms with Crippen molar-refractivity contribution in [1.82, 2.24) is 0 Å². The Hall–Kier alpha value is -1.06. The van der Waals surface area contributed by atoms with E-state index < -0.39 is 0 Å². The predicted octanol–water partition coefficient (Wildman–Crippen LogP) is 13.0. The van der Waals surface area contributed by atoms with E-state index in [1.165, 1.54) is 167 Å². The number of unbranched alkanes of at least 4 members (excludes halogenated alkanes) is 28. The molecule has 0 aromatic rings. The molecule has 0 aliphatic carbocycles. The van der Waals surface area contributed by atoms with E-state index in [2.05, 4.69) is 24.1 Å². The van der Waals surface area contributed by atoms with Gasteiger partial charge in [0, 0.05) is 12.8 Å². The first-order valence-electron chi connectivity index (χ1n) is 18.2. The Morgan fingerprint density at radius 1 is 0.300 bits per heavy atom. The number of amides is 2. The van der Waals surface area contributed by atoms with Crippen molar-refractivity contribution >= 4 is 11.8 Å². The minimum atomic E-state index is -0.237. The molecule has 0 fully saturated rings. The Bertz CT molecular complexity index is 513. The van der Waals surface area contributed by atoms with Crippen molar-refractivity contribution in [1.29, 1.82) is 0 Å². The predicted molar refractivity (Wildman–Crippen MR) is 174 cm³/mol. The summed E-state index contributed by atoms with van der Waals surface area (Å²) in [7, 11) is 0. The Kier molecular flexibility index (Phi) is 33.2. The van der Waals surface area contributed by atoms with E-state index in [0.717, 1.165) is 25.7 Å². The lowest BCUT2D eigenvalue weighted by atomic mass is 10.0. The highest BCUT2D eigenvalue weighted by Crippen LogP contribution is 2.15. The third-order valence-electron chi connectivity index (χ3n) is 8.26. The van der Waals surface area contributed by atoms with Crippen LogP contribution in [0.1, 0.15) is 219 Å². The van der Waals surface area contributed by atoms with Crippen LogP contribution in [0.25, 0.3) is 0 Å². The fourth-order valence-corrected chi connectivity index (χ4v) is 5.51. The van der Waals surface area contributed by atoms with Gasteiger partial charge >= 0.3 is 0 Å². The minimum absolute atomic E-state index is 0.237. The Morgan fingerprint density at radius 3 is 0.675 bits per heavy atom. The molecule has 40 heavy (non-hydrogen) atoms. The van der Waals surface area contributed by atoms with E-state index in [-0.39, 0.29) is 11.8 Å². The lowest BCUT2D eigenvalue weighted by Gasteiger charge is -2.03. The molecule has 4 nitrogen and oxygen atoms in total. The lowest BCUT2D eigenvalue weighted by Crippen LogP contribution is -1.96. The van der Waals surface area contributed by atoms with Crippen molar-refractivity contribution in [2.24, 2.45) is 10.2 Å². The maximum Gasteiger partial charge on any atom is 0.264 e. The van der Waals surface area contributed by atoms with Crippen LogP contribution in [0.2, 0.25) is 0 Å². The monoisotopic (exact) mass is 563 g/mol. The molecule has 0 aliphatic rings. The van der Waals surface area contributed by atoms with E-state index in [9.17, 15) is 9.59 Å². The van der Waals surface area contributed by atoms with Gasteiger partial charge in [0.1, 0.15) is 0 Å². The third-order valence-corrected chi connectivity index (χ3v) is 8.26. The van der Waals surface area contributed by atoms with E-state index in [4.69, 9.17) is 0 Å². The molecule has 0 saturated carbocycles. The summed E-state index contributed by atoms with van der Waals surface area (Å²) in [5, 5.41) is 7.30. The fourth-order valence-electron chi connectivity index (χ4n) is 5.51. The van der Waals surface area contributed by atoms with Crippen LogP contribution in [0, 0.1) is 0 Å². The molecule has 0 heterocycles. The SMILES string of the molecule is CCCCCCCCCCCCCCCCCC(=O)N=NC(=O)CCCCCCCCCCCCCCCCC. The van der Waals surface area contributed by atoms with Crippen LogP contribution in [0.3, 0.4) is 0 Å². The van der Waals surface area contributed by atoms with Gasteiger partial charge in [-0.1, -0.05) is 194 Å². The Morgan fingerprint density at radius 2 is 0.475 bits per heavy atom. The number of nitrogens with zero attached hydrogens (tertiary/aromatic N) is 2. The number of hydrogen-bond acceptors (Lipinski definition) is 2. The normalized spacial score (nSPS) is 11.6. The molecule has 0 unspecified atom stereocenters. The van der Waals surface area contributed by atoms with Crippen LogP contribution >= 0.6 is 0 Å². The standard InChI is InChI=1S/C36H70N2O2/c1-3-5-7-9-11-13-15-17-19-21-23-25-27-29-31-33-35(39)37-38-36(40)34-32-30-28-26-24-22-20-18-16-14-12-10-8-6-4-2/h3-34H2,1-2H3. The van der Waals surface area contributed by atoms with Crippen LogP contribution < -0.4 is 0 Å². The summed E-state index contributed by atoms with van der Waals surface area (Å²) in [4.78, 5) is 23.8. The Balaban J connectivity index is 3.34. The number of carbonyl (C=O) groups excluding carboxylic acids is 2. The summed E-state index contributed by atoms with van der Waals surface area (Å²) in [5.41, 5.74) is 0. The zero-order valence-corrected chi connectivity index (χ0v) is 27.3. The Labute approximate surface area is 250 Å². The molecule has 236 valence electrons. The van der Waals surface area contributed by atoms with E-state index in [1.807, 2.05) is 0 Å². The minimum Gasteiger partial charge on any atom is -0.271 e. The average molecular weight is 563 g/mol. The van der Waals surface area contributed by atoms with E-state index in [1.54, 1.807) is 0 Å². The number of azo groups is 1. The topological polar surface area (TPSA) is 58.9 Å². The smallest absolute Gasteiger partial charge is 0.264 e. The van der Waals surface area contributed by atoms with Crippen LogP contribution in [0.4, 0.5) is 0 Å². The number of rotatable bonds is 32. The van der Waals surface area contributed by atoms with E-state index >= 15 is 0 Å². The highest BCUT2D eigenvalue weighted by Gasteiger charge is 2.03. The molecule has 2 amide bonds. The molecule has 0 saturated heterocycles. The average Bonchev–Trinajstić information content (AvgIpc) is 2.96. The number of carbonyl (C=O) groups is 2. The van der Waals surface area contributed by atoms with Gasteiger partial charge in [-0.15, -0.1) is 10.2 Å². The summed E-state index contributed by atoms with van der Waals surface area (Å²) in [6.45, 7) is 4.55. The molecule has 0 aromatic carbocycles. The van der Waals surface area contributed by atoms with E-state index in [0.29, 0.717) is 12.8 Å². The van der Waals surface area contributed by atoms with Gasteiger partial charge in [0.05, 0.1) is 0 Å². The molecular weight excluding hydrogens is 492 g/mol. The van der Waals surface area contributed by atoms with Crippen molar-refractivity contribution < 1.29 is 9.59 Å². The highest BCUT2D eigenvalue weighted by molar-refractivity contribution is 5.81. The van der Waals surface area contributed by atoms with Gasteiger partial charge in [-0.2, -0.15) is 0 Å². The zero-order chi connectivity index (χ0) is 29.2. The fraction of sp³-hybridized carbons (Fsp3) is 0.944. The maximum atomic E-state index is 11.9. The second kappa shape index (κ2) is 34.1. The zero-order valence-electron chi connectivity index (χ0n) is 27.3. The van der Waals surface area contributed by atoms with Gasteiger partial charge < -0.3 is 0 Å². The van der Waals surface area contributed by atoms with Gasteiger partial charge in [0.25, 0.3) is 11.8 Å². The number of hydrogen-bond donors (Lipinski definition) is 0. The van der Waals surface area contributed by atoms with Crippen molar-refractivity contribution in [3.8, 4) is 0 Å². The summed E-state index contributed by atoms with van der Waals surface area (Å²) in [6, 6.07) is 0. The molecular formula is C36H70N2O2. The molecule has 0 bridgehead atoms. The third kappa shape index (κ3) is 33.1. The first kappa shape index (κ1) is 38.9. The molecule has 0 rings (SSSR count). The van der Waals surface area contributed by atoms with Gasteiger partial charge in [0.2, 0.25) is 0 Å². The first-order chi connectivity index (χ1) is 19.7. The van der Waals surface area contributed by atoms with Gasteiger partial charge in [-0.25, -0.2) is 0 Å². The van der Waals surface area contributed by atoms with Crippen molar-refractivity contribution in [2.75, 3.05) is 0 Å². The second-order valence-corrected chi connectivity index (χ2v) is 12.4. The molecule has 0 atom stereocenters. The summed E-state index contributed by atoms with van der Waals surface area (Å²) in [6.07, 6.45) is 40.2. The molecule has 0 N–H and O–H groups in total. The van der Waals surface area contributed by atoms with Gasteiger partial charge in [0.15, 0.2) is 0 Å². The van der Waals surface area contributed by atoms with Crippen LogP contribution in [-0.2, 0) is 9.59 Å².